The molecule has 0 saturated heterocycles. The van der Waals surface area contributed by atoms with Gasteiger partial charge in [-0.25, -0.2) is 9.18 Å². The number of aliphatic hydroxyl groups excluding tert-OH is 1. The van der Waals surface area contributed by atoms with Crippen LogP contribution in [0, 0.1) is 11.7 Å². The van der Waals surface area contributed by atoms with Crippen LogP contribution < -0.4 is 11.2 Å². The van der Waals surface area contributed by atoms with Crippen molar-refractivity contribution in [2.45, 2.75) is 13.0 Å². The van der Waals surface area contributed by atoms with Crippen LogP contribution in [0.1, 0.15) is 6.42 Å². The Kier molecular flexibility index (Phi) is 5.19. The molecule has 28 heavy (non-hydrogen) atoms. The van der Waals surface area contributed by atoms with Crippen molar-refractivity contribution < 1.29 is 19.4 Å². The van der Waals surface area contributed by atoms with Gasteiger partial charge in [0.15, 0.2) is 0 Å². The van der Waals surface area contributed by atoms with Gasteiger partial charge >= 0.3 is 11.7 Å². The monoisotopic (exact) mass is 389 g/mol. The number of carboxylic acid groups (broad SMARTS) is 1. The molecule has 2 heterocycles. The fourth-order valence-corrected chi connectivity index (χ4v) is 3.39. The summed E-state index contributed by atoms with van der Waals surface area (Å²) >= 11 is 0. The Balaban J connectivity index is 2.34. The van der Waals surface area contributed by atoms with E-state index < -0.39 is 29.0 Å². The number of carbonyl (C=O) groups is 1. The van der Waals surface area contributed by atoms with E-state index in [1.54, 1.807) is 16.8 Å². The Morgan fingerprint density at radius 2 is 1.93 bits per heavy atom. The Labute approximate surface area is 158 Å². The van der Waals surface area contributed by atoms with Crippen LogP contribution in [-0.2, 0) is 25.4 Å². The number of benzene rings is 1. The van der Waals surface area contributed by atoms with Crippen molar-refractivity contribution in [1.29, 1.82) is 0 Å². The van der Waals surface area contributed by atoms with Crippen LogP contribution in [-0.4, -0.2) is 36.5 Å². The smallest absolute Gasteiger partial charge is 0.330 e. The molecule has 9 heteroatoms. The van der Waals surface area contributed by atoms with Crippen molar-refractivity contribution in [3.05, 3.63) is 57.1 Å². The quantitative estimate of drug-likeness (QED) is 0.652. The second-order valence-corrected chi connectivity index (χ2v) is 6.75. The topological polar surface area (TPSA) is 106 Å². The van der Waals surface area contributed by atoms with E-state index in [0.29, 0.717) is 16.8 Å². The molecule has 0 radical (unpaired) electrons. The van der Waals surface area contributed by atoms with Crippen LogP contribution in [0.15, 0.2) is 40.1 Å². The van der Waals surface area contributed by atoms with E-state index in [9.17, 15) is 23.9 Å². The summed E-state index contributed by atoms with van der Waals surface area (Å²) in [6, 6.07) is 5.67. The first kappa shape index (κ1) is 19.6. The Morgan fingerprint density at radius 3 is 2.54 bits per heavy atom. The summed E-state index contributed by atoms with van der Waals surface area (Å²) < 4.78 is 17.7. The van der Waals surface area contributed by atoms with Crippen LogP contribution in [0.25, 0.3) is 22.2 Å². The third-order valence-electron chi connectivity index (χ3n) is 4.79. The molecular weight excluding hydrogens is 369 g/mol. The van der Waals surface area contributed by atoms with Gasteiger partial charge in [-0.1, -0.05) is 12.1 Å². The molecule has 3 rings (SSSR count). The van der Waals surface area contributed by atoms with Crippen molar-refractivity contribution in [3.8, 4) is 11.3 Å². The molecule has 1 atom stereocenters. The Bertz CT molecular complexity index is 1170. The van der Waals surface area contributed by atoms with Crippen molar-refractivity contribution in [2.24, 2.45) is 20.0 Å². The minimum absolute atomic E-state index is 0.0840. The van der Waals surface area contributed by atoms with Gasteiger partial charge in [-0.05, 0) is 12.1 Å². The van der Waals surface area contributed by atoms with Gasteiger partial charge in [-0.2, -0.15) is 0 Å². The number of nitrogens with zero attached hydrogens (tertiary/aromatic N) is 3. The molecule has 2 aromatic heterocycles. The zero-order chi connectivity index (χ0) is 20.6. The van der Waals surface area contributed by atoms with E-state index in [2.05, 4.69) is 0 Å². The highest BCUT2D eigenvalue weighted by atomic mass is 19.1. The van der Waals surface area contributed by atoms with Gasteiger partial charge in [-0.3, -0.25) is 18.7 Å². The number of hydrogen-bond donors (Lipinski definition) is 2. The van der Waals surface area contributed by atoms with E-state index >= 15 is 0 Å². The minimum atomic E-state index is -1.06. The molecule has 2 N–H and O–H groups in total. The van der Waals surface area contributed by atoms with Crippen LogP contribution in [0.3, 0.4) is 0 Å². The third kappa shape index (κ3) is 3.36. The van der Waals surface area contributed by atoms with Gasteiger partial charge in [0.25, 0.3) is 5.56 Å². The molecule has 0 aliphatic heterocycles. The average molecular weight is 389 g/mol. The maximum Gasteiger partial charge on any atom is 0.330 e. The van der Waals surface area contributed by atoms with Crippen LogP contribution in [0.2, 0.25) is 0 Å². The predicted octanol–water partition coefficient (Wildman–Crippen LogP) is 0.928. The van der Waals surface area contributed by atoms with Crippen molar-refractivity contribution in [1.82, 2.24) is 13.7 Å². The normalized spacial score (nSPS) is 12.4. The molecule has 0 amide bonds. The molecule has 0 aliphatic carbocycles. The Hall–Kier alpha value is -3.20. The number of hydrogen-bond acceptors (Lipinski definition) is 4. The molecule has 0 fully saturated rings. The highest BCUT2D eigenvalue weighted by molar-refractivity contribution is 5.93. The molecule has 1 aromatic carbocycles. The molecule has 0 spiro atoms. The zero-order valence-electron chi connectivity index (χ0n) is 15.4. The van der Waals surface area contributed by atoms with Crippen molar-refractivity contribution in [3.63, 3.8) is 0 Å². The molecule has 148 valence electrons. The van der Waals surface area contributed by atoms with Gasteiger partial charge < -0.3 is 14.8 Å². The molecule has 0 bridgehead atoms. The lowest BCUT2D eigenvalue weighted by molar-refractivity contribution is -0.138. The summed E-state index contributed by atoms with van der Waals surface area (Å²) in [4.78, 5) is 36.2. The number of carboxylic acids is 1. The van der Waals surface area contributed by atoms with E-state index in [0.717, 1.165) is 4.57 Å². The van der Waals surface area contributed by atoms with E-state index in [1.807, 2.05) is 0 Å². The fourth-order valence-electron chi connectivity index (χ4n) is 3.39. The van der Waals surface area contributed by atoms with Crippen molar-refractivity contribution in [2.75, 3.05) is 6.61 Å². The average Bonchev–Trinajstić information content (AvgIpc) is 3.03. The van der Waals surface area contributed by atoms with Crippen LogP contribution in [0.4, 0.5) is 4.39 Å². The largest absolute Gasteiger partial charge is 0.481 e. The number of fused-ring (bicyclic) bond motifs is 1. The summed E-state index contributed by atoms with van der Waals surface area (Å²) in [5, 5.41) is 18.8. The molecule has 1 unspecified atom stereocenters. The summed E-state index contributed by atoms with van der Waals surface area (Å²) in [6.45, 7) is -0.291. The minimum Gasteiger partial charge on any atom is -0.481 e. The summed E-state index contributed by atoms with van der Waals surface area (Å²) in [7, 11) is 2.88. The first-order valence-corrected chi connectivity index (χ1v) is 8.62. The molecule has 8 nitrogen and oxygen atoms in total. The van der Waals surface area contributed by atoms with E-state index in [1.165, 1.54) is 36.9 Å². The highest BCUT2D eigenvalue weighted by Crippen LogP contribution is 2.29. The second kappa shape index (κ2) is 7.43. The molecule has 0 aliphatic rings. The van der Waals surface area contributed by atoms with Gasteiger partial charge in [0.1, 0.15) is 5.82 Å². The van der Waals surface area contributed by atoms with Crippen LogP contribution >= 0.6 is 0 Å². The molecule has 0 saturated carbocycles. The number of aryl methyl sites for hydroxylation is 1. The number of halogens is 1. The Morgan fingerprint density at radius 1 is 1.21 bits per heavy atom. The van der Waals surface area contributed by atoms with Gasteiger partial charge in [-0.15, -0.1) is 0 Å². The lowest BCUT2D eigenvalue weighted by Crippen LogP contribution is -2.36. The third-order valence-corrected chi connectivity index (χ3v) is 4.79. The summed E-state index contributed by atoms with van der Waals surface area (Å²) in [5.74, 6) is -2.18. The summed E-state index contributed by atoms with van der Waals surface area (Å²) in [5.41, 5.74) is 0.0891. The standard InChI is InChI=1S/C19H20FN3O5/c1-21-14-9-23(8-11(10-24)6-15(25)26)17(12-4-3-5-13(20)7-12)16(14)18(27)22(2)19(21)28/h3-5,7,9,11,24H,6,8,10H2,1-2H3,(H,25,26). The summed E-state index contributed by atoms with van der Waals surface area (Å²) in [6.07, 6.45) is 1.29. The maximum absolute atomic E-state index is 13.8. The SMILES string of the molecule is Cn1c(=O)c2c(-c3cccc(F)c3)n(CC(CO)CC(=O)O)cc2n(C)c1=O. The van der Waals surface area contributed by atoms with E-state index in [-0.39, 0.29) is 25.0 Å². The van der Waals surface area contributed by atoms with Crippen LogP contribution in [0.5, 0.6) is 0 Å². The number of aliphatic hydroxyl groups is 1. The number of aliphatic carboxylic acids is 1. The fraction of sp³-hybridized carbons (Fsp3) is 0.316. The first-order chi connectivity index (χ1) is 13.2. The van der Waals surface area contributed by atoms with Gasteiger partial charge in [0.05, 0.1) is 23.0 Å². The second-order valence-electron chi connectivity index (χ2n) is 6.75. The number of aromatic nitrogens is 3. The predicted molar refractivity (Wildman–Crippen MR) is 101 cm³/mol. The molecular formula is C19H20FN3O5. The maximum atomic E-state index is 13.8. The van der Waals surface area contributed by atoms with Crippen molar-refractivity contribution >= 4 is 16.9 Å². The lowest BCUT2D eigenvalue weighted by Gasteiger charge is -2.16. The van der Waals surface area contributed by atoms with Gasteiger partial charge in [0.2, 0.25) is 0 Å². The van der Waals surface area contributed by atoms with Gasteiger partial charge in [0, 0.05) is 44.9 Å². The first-order valence-electron chi connectivity index (χ1n) is 8.62. The highest BCUT2D eigenvalue weighted by Gasteiger charge is 2.22. The molecule has 3 aromatic rings. The van der Waals surface area contributed by atoms with E-state index in [4.69, 9.17) is 5.11 Å². The lowest BCUT2D eigenvalue weighted by atomic mass is 10.1. The zero-order valence-corrected chi connectivity index (χ0v) is 15.4. The number of rotatable bonds is 6.